The molecule has 7 N–H and O–H groups in total. The van der Waals surface area contributed by atoms with E-state index in [0.29, 0.717) is 11.1 Å². The Morgan fingerprint density at radius 3 is 2.06 bits per heavy atom. The largest absolute Gasteiger partial charge is 0.456 e. The van der Waals surface area contributed by atoms with Crippen molar-refractivity contribution in [1.29, 1.82) is 0 Å². The van der Waals surface area contributed by atoms with Crippen molar-refractivity contribution in [2.45, 2.75) is 101 Å². The Balaban J connectivity index is 0.00000292. The Morgan fingerprint density at radius 1 is 0.941 bits per heavy atom. The molecule has 1 heterocycles. The number of benzene rings is 2. The van der Waals surface area contributed by atoms with Crippen LogP contribution in [0.1, 0.15) is 69.4 Å². The molecule has 14 heteroatoms. The Kier molecular flexibility index (Phi) is 12.8. The van der Waals surface area contributed by atoms with Crippen LogP contribution in [0, 0.1) is 105 Å². The molecule has 0 aromatic heterocycles. The predicted molar refractivity (Wildman–Crippen MR) is 174 cm³/mol. The van der Waals surface area contributed by atoms with E-state index in [4.69, 9.17) is 9.47 Å². The van der Waals surface area contributed by atoms with Crippen molar-refractivity contribution in [2.75, 3.05) is 6.61 Å². The SMILES string of the molecule is CC1=C2C(O)C(=O)[C@]3(C)C(O)CC4OCC4(O)C3(O)[C@H](C)C(O)(CC1OC(=O)C(O)C(NC(=O)c1ccccc1)c1ccccc1)C2(C)C.[Ac].[Ac]. The van der Waals surface area contributed by atoms with Crippen molar-refractivity contribution >= 4 is 17.7 Å². The topological polar surface area (TPSA) is 203 Å². The van der Waals surface area contributed by atoms with Crippen LogP contribution in [0.5, 0.6) is 0 Å². The molecule has 4 aliphatic rings. The summed E-state index contributed by atoms with van der Waals surface area (Å²) in [7, 11) is 0. The number of nitrogens with one attached hydrogen (secondary N) is 1. The first-order valence-corrected chi connectivity index (χ1v) is 16.6. The average molecular weight is 1130 g/mol. The average Bonchev–Trinajstić information content (AvgIpc) is 3.08. The summed E-state index contributed by atoms with van der Waals surface area (Å²) >= 11 is 0. The van der Waals surface area contributed by atoms with Crippen molar-refractivity contribution < 1.29 is 143 Å². The van der Waals surface area contributed by atoms with E-state index in [-0.39, 0.29) is 119 Å². The van der Waals surface area contributed by atoms with Gasteiger partial charge in [-0.25, -0.2) is 4.79 Å². The first-order valence-electron chi connectivity index (χ1n) is 16.6. The minimum atomic E-state index is -2.50. The number of carbonyl (C=O) groups excluding carboxylic acids is 3. The van der Waals surface area contributed by atoms with Gasteiger partial charge in [0.25, 0.3) is 5.91 Å². The number of rotatable bonds is 6. The van der Waals surface area contributed by atoms with Gasteiger partial charge in [0.15, 0.2) is 11.9 Å². The van der Waals surface area contributed by atoms with Gasteiger partial charge in [0, 0.05) is 118 Å². The Hall–Kier alpha value is -0.607. The van der Waals surface area contributed by atoms with Crippen molar-refractivity contribution in [2.24, 2.45) is 16.7 Å². The van der Waals surface area contributed by atoms with Crippen LogP contribution < -0.4 is 5.32 Å². The van der Waals surface area contributed by atoms with Crippen molar-refractivity contribution in [1.82, 2.24) is 5.32 Å². The fourth-order valence-corrected chi connectivity index (χ4v) is 9.22. The molecule has 12 nitrogen and oxygen atoms in total. The van der Waals surface area contributed by atoms with Gasteiger partial charge in [0.1, 0.15) is 23.4 Å². The molecule has 0 spiro atoms. The summed E-state index contributed by atoms with van der Waals surface area (Å²) in [5.74, 6) is -4.02. The van der Waals surface area contributed by atoms with Crippen LogP contribution in [0.15, 0.2) is 71.8 Å². The van der Waals surface area contributed by atoms with E-state index in [1.807, 2.05) is 0 Å². The van der Waals surface area contributed by atoms with Gasteiger partial charge >= 0.3 is 5.97 Å². The van der Waals surface area contributed by atoms with Crippen LogP contribution in [-0.4, -0.2) is 102 Å². The molecular formula is C37H45Ac2NO11. The number of amides is 1. The number of aliphatic hydroxyl groups is 6. The first kappa shape index (κ1) is 43.1. The molecule has 51 heavy (non-hydrogen) atoms. The second-order valence-corrected chi connectivity index (χ2v) is 14.9. The molecule has 9 unspecified atom stereocenters. The van der Waals surface area contributed by atoms with Gasteiger partial charge in [0.2, 0.25) is 0 Å². The van der Waals surface area contributed by atoms with Crippen LogP contribution in [-0.2, 0) is 19.1 Å². The smallest absolute Gasteiger partial charge is 0.338 e. The summed E-state index contributed by atoms with van der Waals surface area (Å²) in [5.41, 5.74) is -9.19. The molecule has 11 atom stereocenters. The zero-order valence-electron chi connectivity index (χ0n) is 29.3. The van der Waals surface area contributed by atoms with Gasteiger partial charge in [-0.1, -0.05) is 69.3 Å². The summed E-state index contributed by atoms with van der Waals surface area (Å²) in [6.45, 7) is 7.13. The van der Waals surface area contributed by atoms with Crippen molar-refractivity contribution in [3.05, 3.63) is 82.9 Å². The molecule has 2 radical (unpaired) electrons. The molecule has 1 aliphatic heterocycles. The van der Waals surface area contributed by atoms with E-state index < -0.39 is 87.8 Å². The third-order valence-electron chi connectivity index (χ3n) is 12.4. The minimum absolute atomic E-state index is 0. The fourth-order valence-electron chi connectivity index (χ4n) is 9.22. The van der Waals surface area contributed by atoms with Gasteiger partial charge < -0.3 is 45.4 Å². The van der Waals surface area contributed by atoms with Crippen LogP contribution in [0.3, 0.4) is 0 Å². The monoisotopic (exact) mass is 1130 g/mol. The minimum Gasteiger partial charge on any atom is -0.456 e. The normalized spacial score (nSPS) is 37.7. The van der Waals surface area contributed by atoms with Crippen LogP contribution in [0.4, 0.5) is 0 Å². The quantitative estimate of drug-likeness (QED) is 0.162. The maximum Gasteiger partial charge on any atom is 0.338 e. The standard InChI is InChI=1S/C37H45NO11.2Ac/c1-19-23(49-32(44)29(41)27(21-12-8-6-9-13-21)38-31(43)22-14-10-7-11-15-22)17-35(45)20(2)37(47)34(5,24(39)16-25-36(37,46)18-48-25)30(42)28(40)26(19)33(35,3)4;;/h6-15,20,23-25,27-29,39-41,45-47H,16-18H2,1-5H3,(H,38,43);;/t20-,23?,24?,25?,27?,28?,29?,34+,35?,36?,37?;;/m1../s1. The summed E-state index contributed by atoms with van der Waals surface area (Å²) in [6, 6.07) is 15.4. The third-order valence-corrected chi connectivity index (χ3v) is 12.4. The second-order valence-electron chi connectivity index (χ2n) is 14.9. The molecule has 1 amide bonds. The van der Waals surface area contributed by atoms with Gasteiger partial charge in [-0.15, -0.1) is 0 Å². The van der Waals surface area contributed by atoms with E-state index >= 15 is 0 Å². The van der Waals surface area contributed by atoms with Crippen molar-refractivity contribution in [3.63, 3.8) is 0 Å². The zero-order chi connectivity index (χ0) is 35.9. The summed E-state index contributed by atoms with van der Waals surface area (Å²) < 4.78 is 11.4. The number of hydrogen-bond donors (Lipinski definition) is 7. The summed E-state index contributed by atoms with van der Waals surface area (Å²) in [5, 5.41) is 74.6. The number of ether oxygens (including phenoxy) is 2. The van der Waals surface area contributed by atoms with Crippen molar-refractivity contribution in [3.8, 4) is 0 Å². The Bertz CT molecular complexity index is 1690. The van der Waals surface area contributed by atoms with Gasteiger partial charge in [-0.2, -0.15) is 0 Å². The van der Waals surface area contributed by atoms with Crippen LogP contribution >= 0.6 is 0 Å². The molecule has 2 saturated carbocycles. The van der Waals surface area contributed by atoms with Gasteiger partial charge in [-0.05, 0) is 42.7 Å². The van der Waals surface area contributed by atoms with Crippen LogP contribution in [0.2, 0.25) is 0 Å². The number of aliphatic hydroxyl groups excluding tert-OH is 3. The number of esters is 1. The van der Waals surface area contributed by atoms with E-state index in [2.05, 4.69) is 5.32 Å². The summed E-state index contributed by atoms with van der Waals surface area (Å²) in [6.07, 6.45) is -8.34. The predicted octanol–water partition coefficient (Wildman–Crippen LogP) is 1.12. The van der Waals surface area contributed by atoms with Gasteiger partial charge in [0.05, 0.1) is 35.9 Å². The molecule has 2 bridgehead atoms. The molecular weight excluding hydrogens is 1090 g/mol. The van der Waals surface area contributed by atoms with Gasteiger partial charge in [-0.3, -0.25) is 9.59 Å². The Morgan fingerprint density at radius 2 is 1.51 bits per heavy atom. The Labute approximate surface area is 368 Å². The molecule has 2 aromatic carbocycles. The number of fused-ring (bicyclic) bond motifs is 5. The van der Waals surface area contributed by atoms with E-state index in [1.165, 1.54) is 13.8 Å². The molecule has 1 saturated heterocycles. The molecule has 6 rings (SSSR count). The second kappa shape index (κ2) is 15.1. The van der Waals surface area contributed by atoms with Crippen LogP contribution in [0.25, 0.3) is 0 Å². The molecule has 270 valence electrons. The number of carbonyl (C=O) groups is 3. The number of Topliss-reactive ketones (excluding diaryl/α,β-unsaturated/α-hetero) is 1. The third kappa shape index (κ3) is 6.23. The fraction of sp³-hybridized carbons (Fsp3) is 0.541. The molecule has 3 fully saturated rings. The van der Waals surface area contributed by atoms with E-state index in [9.17, 15) is 45.0 Å². The van der Waals surface area contributed by atoms with E-state index in [0.717, 1.165) is 0 Å². The number of ketones is 1. The number of hydrogen-bond acceptors (Lipinski definition) is 11. The summed E-state index contributed by atoms with van der Waals surface area (Å²) in [4.78, 5) is 41.3. The molecule has 3 aliphatic carbocycles. The zero-order valence-corrected chi connectivity index (χ0v) is 38.8. The maximum absolute atomic E-state index is 14.3. The first-order chi connectivity index (χ1) is 22.9. The van der Waals surface area contributed by atoms with E-state index in [1.54, 1.807) is 81.4 Å². The molecule has 2 aromatic rings. The maximum atomic E-state index is 14.3.